The Morgan fingerprint density at radius 3 is 2.41 bits per heavy atom. The van der Waals surface area contributed by atoms with Gasteiger partial charge in [-0.15, -0.1) is 0 Å². The number of carbonyl (C=O) groups excluding carboxylic acids is 1. The summed E-state index contributed by atoms with van der Waals surface area (Å²) in [6.45, 7) is 4.08. The highest BCUT2D eigenvalue weighted by Crippen LogP contribution is 2.13. The molecule has 1 atom stereocenters. The number of aliphatic carboxylic acids is 1. The van der Waals surface area contributed by atoms with Gasteiger partial charge >= 0.3 is 0 Å². The van der Waals surface area contributed by atoms with Gasteiger partial charge in [0.15, 0.2) is 6.04 Å². The maximum absolute atomic E-state index is 11.3. The molecule has 1 saturated heterocycles. The maximum atomic E-state index is 11.3. The van der Waals surface area contributed by atoms with Crippen LogP contribution >= 0.6 is 0 Å². The number of hydrogen-bond acceptors (Lipinski definition) is 2. The first-order chi connectivity index (χ1) is 8.18. The van der Waals surface area contributed by atoms with Crippen molar-refractivity contribution >= 4 is 5.97 Å². The van der Waals surface area contributed by atoms with Crippen molar-refractivity contribution in [2.24, 2.45) is 5.92 Å². The van der Waals surface area contributed by atoms with Crippen LogP contribution in [-0.2, 0) is 4.79 Å². The van der Waals surface area contributed by atoms with Crippen LogP contribution in [0.3, 0.4) is 0 Å². The van der Waals surface area contributed by atoms with Crippen LogP contribution in [0, 0.1) is 5.92 Å². The third kappa shape index (κ3) is 2.86. The van der Waals surface area contributed by atoms with Crippen LogP contribution in [0.4, 0.5) is 0 Å². The van der Waals surface area contributed by atoms with E-state index in [1.807, 2.05) is 30.3 Å². The van der Waals surface area contributed by atoms with E-state index in [0.29, 0.717) is 0 Å². The maximum Gasteiger partial charge on any atom is 0.153 e. The number of hydrogen-bond donors (Lipinski definition) is 1. The molecule has 1 aromatic carbocycles. The average Bonchev–Trinajstić information content (AvgIpc) is 2.33. The Morgan fingerprint density at radius 1 is 1.29 bits per heavy atom. The van der Waals surface area contributed by atoms with E-state index in [1.165, 1.54) is 0 Å². The molecule has 1 aliphatic rings. The summed E-state index contributed by atoms with van der Waals surface area (Å²) in [6.07, 6.45) is 2.21. The van der Waals surface area contributed by atoms with Crippen LogP contribution in [0.1, 0.15) is 31.4 Å². The van der Waals surface area contributed by atoms with Crippen molar-refractivity contribution in [3.8, 4) is 0 Å². The standard InChI is InChI=1S/C14H19NO2/c1-11-7-9-15(10-8-11)13(14(16)17)12-5-3-2-4-6-12/h2-6,11,13H,7-10H2,1H3,(H,16,17)/t13-/m1/s1. The molecule has 0 amide bonds. The molecule has 1 fully saturated rings. The number of carboxylic acids is 1. The van der Waals surface area contributed by atoms with Gasteiger partial charge in [-0.25, -0.2) is 0 Å². The third-order valence-electron chi connectivity index (χ3n) is 3.69. The molecule has 1 N–H and O–H groups in total. The van der Waals surface area contributed by atoms with Crippen molar-refractivity contribution in [2.75, 3.05) is 13.1 Å². The minimum atomic E-state index is -0.958. The number of carbonyl (C=O) groups is 1. The normalized spacial score (nSPS) is 26.4. The van der Waals surface area contributed by atoms with Gasteiger partial charge in [-0.2, -0.15) is 0 Å². The zero-order chi connectivity index (χ0) is 12.3. The van der Waals surface area contributed by atoms with E-state index in [9.17, 15) is 9.90 Å². The van der Waals surface area contributed by atoms with Crippen molar-refractivity contribution in [3.05, 3.63) is 35.9 Å². The number of benzene rings is 1. The van der Waals surface area contributed by atoms with Gasteiger partial charge in [-0.1, -0.05) is 37.3 Å². The summed E-state index contributed by atoms with van der Waals surface area (Å²) in [5, 5.41) is 11.3. The molecule has 0 aromatic heterocycles. The minimum absolute atomic E-state index is 0.510. The van der Waals surface area contributed by atoms with Gasteiger partial charge in [0.2, 0.25) is 0 Å². The highest BCUT2D eigenvalue weighted by atomic mass is 16.4. The molecular weight excluding hydrogens is 214 g/mol. The van der Waals surface area contributed by atoms with Gasteiger partial charge in [0.25, 0.3) is 0 Å². The molecule has 1 heterocycles. The lowest BCUT2D eigenvalue weighted by atomic mass is 9.96. The van der Waals surface area contributed by atoms with Crippen LogP contribution in [0.25, 0.3) is 0 Å². The van der Waals surface area contributed by atoms with Gasteiger partial charge < -0.3 is 14.8 Å². The number of carboxylic acid groups (broad SMARTS) is 1. The Balaban J connectivity index is 2.16. The molecule has 92 valence electrons. The van der Waals surface area contributed by atoms with E-state index < -0.39 is 12.0 Å². The molecule has 0 bridgehead atoms. The van der Waals surface area contributed by atoms with E-state index in [2.05, 4.69) is 6.92 Å². The fourth-order valence-corrected chi connectivity index (χ4v) is 2.61. The van der Waals surface area contributed by atoms with Crippen LogP contribution in [0.2, 0.25) is 0 Å². The highest BCUT2D eigenvalue weighted by Gasteiger charge is 2.28. The molecule has 0 spiro atoms. The summed E-state index contributed by atoms with van der Waals surface area (Å²) in [4.78, 5) is 12.5. The first kappa shape index (κ1) is 12.1. The second-order valence-electron chi connectivity index (χ2n) is 5.00. The molecule has 17 heavy (non-hydrogen) atoms. The Morgan fingerprint density at radius 2 is 1.88 bits per heavy atom. The molecule has 0 aliphatic carbocycles. The molecule has 1 aromatic rings. The fraction of sp³-hybridized carbons (Fsp3) is 0.500. The van der Waals surface area contributed by atoms with E-state index in [1.54, 1.807) is 0 Å². The molecule has 3 nitrogen and oxygen atoms in total. The zero-order valence-corrected chi connectivity index (χ0v) is 10.2. The monoisotopic (exact) mass is 233 g/mol. The summed E-state index contributed by atoms with van der Waals surface area (Å²) >= 11 is 0. The molecular formula is C14H19NO2. The summed E-state index contributed by atoms with van der Waals surface area (Å²) in [7, 11) is 0. The number of quaternary nitrogens is 1. The summed E-state index contributed by atoms with van der Waals surface area (Å²) in [5.74, 6) is -0.238. The molecule has 3 heteroatoms. The van der Waals surface area contributed by atoms with E-state index in [-0.39, 0.29) is 0 Å². The topological polar surface area (TPSA) is 44.6 Å². The van der Waals surface area contributed by atoms with Crippen molar-refractivity contribution < 1.29 is 14.8 Å². The molecule has 1 aliphatic heterocycles. The highest BCUT2D eigenvalue weighted by molar-refractivity contribution is 5.71. The first-order valence-corrected chi connectivity index (χ1v) is 6.29. The van der Waals surface area contributed by atoms with Gasteiger partial charge in [-0.05, 0) is 18.8 Å². The van der Waals surface area contributed by atoms with E-state index >= 15 is 0 Å². The second-order valence-corrected chi connectivity index (χ2v) is 5.00. The predicted octanol–water partition coefficient (Wildman–Crippen LogP) is -0.208. The molecule has 2 rings (SSSR count). The summed E-state index contributed by atoms with van der Waals surface area (Å²) in [6, 6.07) is 8.93. The number of likely N-dealkylation sites (tertiary alicyclic amines) is 1. The third-order valence-corrected chi connectivity index (χ3v) is 3.69. The zero-order valence-electron chi connectivity index (χ0n) is 10.2. The largest absolute Gasteiger partial charge is 0.544 e. The summed E-state index contributed by atoms with van der Waals surface area (Å²) in [5.41, 5.74) is 0.858. The van der Waals surface area contributed by atoms with Gasteiger partial charge in [0.1, 0.15) is 5.97 Å². The van der Waals surface area contributed by atoms with E-state index in [4.69, 9.17) is 0 Å². The Bertz CT molecular complexity index is 369. The Hall–Kier alpha value is -1.35. The fourth-order valence-electron chi connectivity index (χ4n) is 2.61. The van der Waals surface area contributed by atoms with Gasteiger partial charge in [0, 0.05) is 5.56 Å². The van der Waals surface area contributed by atoms with Crippen molar-refractivity contribution in [3.63, 3.8) is 0 Å². The predicted molar refractivity (Wildman–Crippen MR) is 63.3 cm³/mol. The lowest BCUT2D eigenvalue weighted by Crippen LogP contribution is -3.14. The van der Waals surface area contributed by atoms with Crippen LogP contribution in [0.15, 0.2) is 30.3 Å². The van der Waals surface area contributed by atoms with Gasteiger partial charge in [-0.3, -0.25) is 0 Å². The molecule has 0 saturated carbocycles. The van der Waals surface area contributed by atoms with Crippen molar-refractivity contribution in [1.82, 2.24) is 0 Å². The van der Waals surface area contributed by atoms with Gasteiger partial charge in [0.05, 0.1) is 13.1 Å². The Kier molecular flexibility index (Phi) is 3.79. The molecule has 0 unspecified atom stereocenters. The smallest absolute Gasteiger partial charge is 0.153 e. The number of rotatable bonds is 3. The quantitative estimate of drug-likeness (QED) is 0.785. The van der Waals surface area contributed by atoms with Crippen LogP contribution in [0.5, 0.6) is 0 Å². The SMILES string of the molecule is CC1CC[NH+]([C@@H](C(=O)[O-])c2ccccc2)CC1. The van der Waals surface area contributed by atoms with Crippen LogP contribution < -0.4 is 10.0 Å². The first-order valence-electron chi connectivity index (χ1n) is 6.29. The Labute approximate surface area is 102 Å². The molecule has 0 radical (unpaired) electrons. The van der Waals surface area contributed by atoms with Crippen molar-refractivity contribution in [2.45, 2.75) is 25.8 Å². The average molecular weight is 233 g/mol. The van der Waals surface area contributed by atoms with Crippen molar-refractivity contribution in [1.29, 1.82) is 0 Å². The number of nitrogens with one attached hydrogen (secondary N) is 1. The van der Waals surface area contributed by atoms with Crippen LogP contribution in [-0.4, -0.2) is 19.1 Å². The summed E-state index contributed by atoms with van der Waals surface area (Å²) < 4.78 is 0. The lowest BCUT2D eigenvalue weighted by molar-refractivity contribution is -0.930. The number of piperidine rings is 1. The second kappa shape index (κ2) is 5.32. The van der Waals surface area contributed by atoms with E-state index in [0.717, 1.165) is 42.3 Å². The minimum Gasteiger partial charge on any atom is -0.544 e. The lowest BCUT2D eigenvalue weighted by Gasteiger charge is -2.34.